The second-order valence-corrected chi connectivity index (χ2v) is 3.41. The van der Waals surface area contributed by atoms with Crippen molar-refractivity contribution in [1.29, 1.82) is 0 Å². The molecule has 1 aromatic heterocycles. The Morgan fingerprint density at radius 1 is 1.64 bits per heavy atom. The molecule has 0 bridgehead atoms. The molecule has 1 atom stereocenters. The highest BCUT2D eigenvalue weighted by molar-refractivity contribution is 5.69. The van der Waals surface area contributed by atoms with E-state index in [0.29, 0.717) is 6.42 Å². The van der Waals surface area contributed by atoms with E-state index >= 15 is 0 Å². The number of aliphatic carboxylic acids is 1. The number of rotatable bonds is 4. The number of carbonyl (C=O) groups is 1. The zero-order chi connectivity index (χ0) is 10.6. The molecule has 0 radical (unpaired) electrons. The molecule has 4 nitrogen and oxygen atoms in total. The number of aromatic nitrogens is 2. The second-order valence-electron chi connectivity index (χ2n) is 3.41. The van der Waals surface area contributed by atoms with Crippen molar-refractivity contribution < 1.29 is 9.90 Å². The summed E-state index contributed by atoms with van der Waals surface area (Å²) < 4.78 is 0. The minimum atomic E-state index is -0.750. The Balaban J connectivity index is 2.54. The Morgan fingerprint density at radius 3 is 2.93 bits per heavy atom. The van der Waals surface area contributed by atoms with Gasteiger partial charge < -0.3 is 5.11 Å². The second kappa shape index (κ2) is 4.69. The molecule has 0 aliphatic carbocycles. The molecule has 4 heteroatoms. The first kappa shape index (κ1) is 10.6. The lowest BCUT2D eigenvalue weighted by molar-refractivity contribution is -0.141. The van der Waals surface area contributed by atoms with Gasteiger partial charge in [-0.25, -0.2) is 9.97 Å². The maximum absolute atomic E-state index is 10.6. The maximum atomic E-state index is 10.6. The van der Waals surface area contributed by atoms with Gasteiger partial charge in [0.1, 0.15) is 6.33 Å². The largest absolute Gasteiger partial charge is 0.481 e. The first-order valence-electron chi connectivity index (χ1n) is 4.59. The molecule has 0 amide bonds. The average molecular weight is 194 g/mol. The average Bonchev–Trinajstić information content (AvgIpc) is 2.16. The Kier molecular flexibility index (Phi) is 3.56. The molecule has 1 aromatic rings. The highest BCUT2D eigenvalue weighted by Gasteiger charge is 2.11. The van der Waals surface area contributed by atoms with Crippen LogP contribution in [0.25, 0.3) is 0 Å². The number of nitrogens with zero attached hydrogens (tertiary/aromatic N) is 2. The fourth-order valence-corrected chi connectivity index (χ4v) is 1.16. The van der Waals surface area contributed by atoms with E-state index in [9.17, 15) is 4.79 Å². The van der Waals surface area contributed by atoms with Gasteiger partial charge >= 0.3 is 5.97 Å². The van der Waals surface area contributed by atoms with Crippen LogP contribution in [0.4, 0.5) is 0 Å². The molecule has 1 heterocycles. The van der Waals surface area contributed by atoms with E-state index in [2.05, 4.69) is 9.97 Å². The normalized spacial score (nSPS) is 12.4. The van der Waals surface area contributed by atoms with Crippen molar-refractivity contribution in [2.45, 2.75) is 26.7 Å². The third-order valence-corrected chi connectivity index (χ3v) is 2.28. The van der Waals surface area contributed by atoms with Crippen molar-refractivity contribution in [2.75, 3.05) is 0 Å². The quantitative estimate of drug-likeness (QED) is 0.787. The van der Waals surface area contributed by atoms with E-state index < -0.39 is 5.97 Å². The Hall–Kier alpha value is -1.45. The minimum absolute atomic E-state index is 0.311. The van der Waals surface area contributed by atoms with Crippen LogP contribution in [0.15, 0.2) is 12.5 Å². The molecule has 0 fully saturated rings. The molecular weight excluding hydrogens is 180 g/mol. The molecule has 1 unspecified atom stereocenters. The van der Waals surface area contributed by atoms with E-state index in [0.717, 1.165) is 17.7 Å². The van der Waals surface area contributed by atoms with E-state index in [1.807, 2.05) is 6.92 Å². The molecule has 14 heavy (non-hydrogen) atoms. The molecule has 0 saturated heterocycles. The lowest BCUT2D eigenvalue weighted by Gasteiger charge is -2.06. The fourth-order valence-electron chi connectivity index (χ4n) is 1.16. The summed E-state index contributed by atoms with van der Waals surface area (Å²) in [7, 11) is 0. The number of carboxylic acids is 1. The van der Waals surface area contributed by atoms with Gasteiger partial charge in [0.15, 0.2) is 0 Å². The highest BCUT2D eigenvalue weighted by Crippen LogP contribution is 2.10. The Bertz CT molecular complexity index is 326. The smallest absolute Gasteiger partial charge is 0.306 e. The first-order chi connectivity index (χ1) is 6.61. The predicted octanol–water partition coefficient (Wildman–Crippen LogP) is 1.44. The van der Waals surface area contributed by atoms with Gasteiger partial charge in [0.05, 0.1) is 5.92 Å². The molecule has 76 valence electrons. The van der Waals surface area contributed by atoms with Crippen LogP contribution >= 0.6 is 0 Å². The van der Waals surface area contributed by atoms with Gasteiger partial charge in [0.2, 0.25) is 0 Å². The summed E-state index contributed by atoms with van der Waals surface area (Å²) in [6.45, 7) is 3.61. The van der Waals surface area contributed by atoms with Crippen molar-refractivity contribution in [1.82, 2.24) is 9.97 Å². The molecule has 0 aliphatic rings. The topological polar surface area (TPSA) is 63.1 Å². The lowest BCUT2D eigenvalue weighted by Crippen LogP contribution is -2.10. The third-order valence-electron chi connectivity index (χ3n) is 2.28. The lowest BCUT2D eigenvalue weighted by atomic mass is 10.0. The van der Waals surface area contributed by atoms with Gasteiger partial charge in [-0.05, 0) is 25.3 Å². The standard InChI is InChI=1S/C10H14N2O2/c1-7(10(13)14)3-4-9-5-11-6-12-8(9)2/h5-7H,3-4H2,1-2H3,(H,13,14). The van der Waals surface area contributed by atoms with Crippen molar-refractivity contribution in [2.24, 2.45) is 5.92 Å². The van der Waals surface area contributed by atoms with Crippen LogP contribution in [0.1, 0.15) is 24.6 Å². The number of hydrogen-bond donors (Lipinski definition) is 1. The van der Waals surface area contributed by atoms with Crippen molar-refractivity contribution in [3.63, 3.8) is 0 Å². The van der Waals surface area contributed by atoms with E-state index in [4.69, 9.17) is 5.11 Å². The van der Waals surface area contributed by atoms with E-state index in [-0.39, 0.29) is 5.92 Å². The zero-order valence-electron chi connectivity index (χ0n) is 8.40. The molecule has 0 saturated carbocycles. The van der Waals surface area contributed by atoms with Gasteiger partial charge in [-0.15, -0.1) is 0 Å². The Morgan fingerprint density at radius 2 is 2.36 bits per heavy atom. The first-order valence-corrected chi connectivity index (χ1v) is 4.59. The summed E-state index contributed by atoms with van der Waals surface area (Å²) >= 11 is 0. The maximum Gasteiger partial charge on any atom is 0.306 e. The van der Waals surface area contributed by atoms with Crippen molar-refractivity contribution in [3.8, 4) is 0 Å². The van der Waals surface area contributed by atoms with Crippen LogP contribution in [0.5, 0.6) is 0 Å². The van der Waals surface area contributed by atoms with Crippen LogP contribution < -0.4 is 0 Å². The predicted molar refractivity (Wildman–Crippen MR) is 51.9 cm³/mol. The number of carboxylic acid groups (broad SMARTS) is 1. The molecule has 0 aromatic carbocycles. The summed E-state index contributed by atoms with van der Waals surface area (Å²) in [5, 5.41) is 8.70. The zero-order valence-corrected chi connectivity index (χ0v) is 8.40. The van der Waals surface area contributed by atoms with Crippen molar-refractivity contribution in [3.05, 3.63) is 23.8 Å². The molecule has 1 rings (SSSR count). The molecule has 1 N–H and O–H groups in total. The van der Waals surface area contributed by atoms with Crippen LogP contribution in [-0.4, -0.2) is 21.0 Å². The van der Waals surface area contributed by atoms with Crippen LogP contribution in [0.2, 0.25) is 0 Å². The summed E-state index contributed by atoms with van der Waals surface area (Å²) in [6, 6.07) is 0. The van der Waals surface area contributed by atoms with E-state index in [1.165, 1.54) is 6.33 Å². The summed E-state index contributed by atoms with van der Waals surface area (Å²) in [6.07, 6.45) is 4.60. The van der Waals surface area contributed by atoms with Gasteiger partial charge in [-0.2, -0.15) is 0 Å². The van der Waals surface area contributed by atoms with Gasteiger partial charge in [-0.1, -0.05) is 6.92 Å². The molecule has 0 aliphatic heterocycles. The summed E-state index contributed by atoms with van der Waals surface area (Å²) in [5.41, 5.74) is 1.96. The number of hydrogen-bond acceptors (Lipinski definition) is 3. The van der Waals surface area contributed by atoms with Gasteiger partial charge in [0.25, 0.3) is 0 Å². The van der Waals surface area contributed by atoms with Crippen LogP contribution in [-0.2, 0) is 11.2 Å². The molecular formula is C10H14N2O2. The number of aryl methyl sites for hydroxylation is 2. The Labute approximate surface area is 83.0 Å². The van der Waals surface area contributed by atoms with Gasteiger partial charge in [-0.3, -0.25) is 4.79 Å². The fraction of sp³-hybridized carbons (Fsp3) is 0.500. The highest BCUT2D eigenvalue weighted by atomic mass is 16.4. The molecule has 0 spiro atoms. The summed E-state index contributed by atoms with van der Waals surface area (Å²) in [5.74, 6) is -1.06. The van der Waals surface area contributed by atoms with Crippen LogP contribution in [0.3, 0.4) is 0 Å². The monoisotopic (exact) mass is 194 g/mol. The van der Waals surface area contributed by atoms with Crippen LogP contribution in [0, 0.1) is 12.8 Å². The third kappa shape index (κ3) is 2.80. The summed E-state index contributed by atoms with van der Waals surface area (Å²) in [4.78, 5) is 18.5. The SMILES string of the molecule is Cc1ncncc1CCC(C)C(=O)O. The van der Waals surface area contributed by atoms with E-state index in [1.54, 1.807) is 13.1 Å². The van der Waals surface area contributed by atoms with Gasteiger partial charge in [0, 0.05) is 11.9 Å². The minimum Gasteiger partial charge on any atom is -0.481 e. The van der Waals surface area contributed by atoms with Crippen molar-refractivity contribution >= 4 is 5.97 Å².